The maximum atomic E-state index is 13.8. The lowest BCUT2D eigenvalue weighted by Crippen LogP contribution is -2.59. The van der Waals surface area contributed by atoms with E-state index in [0.29, 0.717) is 24.9 Å². The third-order valence-electron chi connectivity index (χ3n) is 9.01. The third-order valence-corrected chi connectivity index (χ3v) is 9.01. The van der Waals surface area contributed by atoms with E-state index < -0.39 is 65.7 Å². The van der Waals surface area contributed by atoms with Crippen molar-refractivity contribution in [2.45, 2.75) is 96.6 Å². The first-order valence-electron chi connectivity index (χ1n) is 17.6. The largest absolute Gasteiger partial charge is 0.445 e. The summed E-state index contributed by atoms with van der Waals surface area (Å²) >= 11 is 0. The molecule has 2 aliphatic heterocycles. The van der Waals surface area contributed by atoms with Gasteiger partial charge in [-0.25, -0.2) is 4.79 Å². The molecule has 4 atom stereocenters. The quantitative estimate of drug-likeness (QED) is 0.114. The van der Waals surface area contributed by atoms with E-state index in [4.69, 9.17) is 4.74 Å². The van der Waals surface area contributed by atoms with Crippen molar-refractivity contribution in [3.8, 4) is 0 Å². The summed E-state index contributed by atoms with van der Waals surface area (Å²) in [4.78, 5) is 80.4. The van der Waals surface area contributed by atoms with Gasteiger partial charge < -0.3 is 36.2 Å². The molecule has 51 heavy (non-hydrogen) atoms. The van der Waals surface area contributed by atoms with Crippen molar-refractivity contribution < 1.29 is 46.7 Å². The SMILES string of the molecule is CCCCNC(=O)C(=O)[C@H](C[C@@H]1CCNC1=O)NC(=O)[C@H](CC(C)C)NC(=O)[C@H](CN1CCC(C(F)(F)F)CC1)NC(=O)OCc1ccccc1. The van der Waals surface area contributed by atoms with Crippen LogP contribution in [0.2, 0.25) is 0 Å². The number of hydrogen-bond acceptors (Lipinski definition) is 8. The summed E-state index contributed by atoms with van der Waals surface area (Å²) in [6.45, 7) is 5.99. The molecule has 284 valence electrons. The molecule has 5 amide bonds. The van der Waals surface area contributed by atoms with Crippen molar-refractivity contribution in [3.63, 3.8) is 0 Å². The van der Waals surface area contributed by atoms with Crippen LogP contribution in [0.3, 0.4) is 0 Å². The van der Waals surface area contributed by atoms with E-state index in [1.54, 1.807) is 49.1 Å². The van der Waals surface area contributed by atoms with Gasteiger partial charge in [-0.1, -0.05) is 57.5 Å². The molecular formula is C35H51F3N6O7. The van der Waals surface area contributed by atoms with Gasteiger partial charge in [0.15, 0.2) is 0 Å². The molecule has 0 spiro atoms. The maximum absolute atomic E-state index is 13.8. The second kappa shape index (κ2) is 20.0. The highest BCUT2D eigenvalue weighted by Gasteiger charge is 2.42. The van der Waals surface area contributed by atoms with Gasteiger partial charge >= 0.3 is 12.3 Å². The molecule has 5 N–H and O–H groups in total. The molecule has 0 aromatic heterocycles. The van der Waals surface area contributed by atoms with Gasteiger partial charge in [0.2, 0.25) is 23.5 Å². The number of ketones is 1. The Morgan fingerprint density at radius 1 is 0.941 bits per heavy atom. The molecule has 13 nitrogen and oxygen atoms in total. The predicted molar refractivity (Wildman–Crippen MR) is 181 cm³/mol. The molecule has 2 aliphatic rings. The molecule has 16 heteroatoms. The minimum Gasteiger partial charge on any atom is -0.445 e. The smallest absolute Gasteiger partial charge is 0.408 e. The van der Waals surface area contributed by atoms with Crippen LogP contribution < -0.4 is 26.6 Å². The van der Waals surface area contributed by atoms with Crippen LogP contribution in [-0.4, -0.2) is 97.4 Å². The lowest BCUT2D eigenvalue weighted by atomic mass is 9.94. The van der Waals surface area contributed by atoms with Gasteiger partial charge in [-0.15, -0.1) is 0 Å². The van der Waals surface area contributed by atoms with Gasteiger partial charge in [0.1, 0.15) is 18.7 Å². The van der Waals surface area contributed by atoms with Crippen LogP contribution in [0.25, 0.3) is 0 Å². The number of piperidine rings is 1. The number of rotatable bonds is 18. The van der Waals surface area contributed by atoms with Crippen LogP contribution in [0.4, 0.5) is 18.0 Å². The van der Waals surface area contributed by atoms with Crippen molar-refractivity contribution >= 4 is 35.5 Å². The van der Waals surface area contributed by atoms with Crippen LogP contribution in [0.5, 0.6) is 0 Å². The average Bonchev–Trinajstić information content (AvgIpc) is 3.49. The number of ether oxygens (including phenoxy) is 1. The van der Waals surface area contributed by atoms with E-state index in [0.717, 1.165) is 6.42 Å². The topological polar surface area (TPSA) is 175 Å². The zero-order valence-electron chi connectivity index (χ0n) is 29.5. The van der Waals surface area contributed by atoms with E-state index in [2.05, 4.69) is 26.6 Å². The molecule has 0 aliphatic carbocycles. The summed E-state index contributed by atoms with van der Waals surface area (Å²) < 4.78 is 45.2. The van der Waals surface area contributed by atoms with Crippen molar-refractivity contribution in [3.05, 3.63) is 35.9 Å². The normalized spacial score (nSPS) is 18.6. The maximum Gasteiger partial charge on any atom is 0.408 e. The third kappa shape index (κ3) is 13.8. The van der Waals surface area contributed by atoms with Crippen LogP contribution in [0, 0.1) is 17.8 Å². The van der Waals surface area contributed by atoms with E-state index in [9.17, 15) is 41.9 Å². The molecule has 3 rings (SSSR count). The molecule has 0 bridgehead atoms. The highest BCUT2D eigenvalue weighted by molar-refractivity contribution is 6.38. The Labute approximate surface area is 296 Å². The van der Waals surface area contributed by atoms with Crippen LogP contribution >= 0.6 is 0 Å². The van der Waals surface area contributed by atoms with Gasteiger partial charge in [0.05, 0.1) is 12.0 Å². The van der Waals surface area contributed by atoms with E-state index in [1.165, 1.54) is 0 Å². The number of halogens is 3. The number of unbranched alkanes of at least 4 members (excludes halogenated alkanes) is 1. The Bertz CT molecular complexity index is 1340. The number of carbonyl (C=O) groups is 6. The van der Waals surface area contributed by atoms with E-state index >= 15 is 0 Å². The van der Waals surface area contributed by atoms with Gasteiger partial charge in [-0.05, 0) is 63.1 Å². The molecule has 0 radical (unpaired) electrons. The number of amides is 5. The molecule has 2 heterocycles. The Kier molecular flexibility index (Phi) is 16.2. The zero-order valence-corrected chi connectivity index (χ0v) is 29.5. The van der Waals surface area contributed by atoms with Crippen LogP contribution in [-0.2, 0) is 35.3 Å². The predicted octanol–water partition coefficient (Wildman–Crippen LogP) is 2.58. The second-order valence-electron chi connectivity index (χ2n) is 13.6. The lowest BCUT2D eigenvalue weighted by Gasteiger charge is -2.35. The summed E-state index contributed by atoms with van der Waals surface area (Å²) in [5.41, 5.74) is 0.690. The summed E-state index contributed by atoms with van der Waals surface area (Å²) in [5, 5.41) is 13.0. The Morgan fingerprint density at radius 2 is 1.59 bits per heavy atom. The van der Waals surface area contributed by atoms with Crippen molar-refractivity contribution in [1.82, 2.24) is 31.5 Å². The molecule has 0 saturated carbocycles. The molecule has 2 saturated heterocycles. The molecule has 1 aromatic rings. The summed E-state index contributed by atoms with van der Waals surface area (Å²) in [7, 11) is 0. The number of carbonyl (C=O) groups excluding carboxylic acids is 6. The average molecular weight is 725 g/mol. The summed E-state index contributed by atoms with van der Waals surface area (Å²) in [6.07, 6.45) is -3.81. The first-order valence-corrected chi connectivity index (χ1v) is 17.6. The number of hydrogen-bond donors (Lipinski definition) is 5. The summed E-state index contributed by atoms with van der Waals surface area (Å²) in [5.74, 6) is -5.90. The molecular weight excluding hydrogens is 673 g/mol. The fourth-order valence-corrected chi connectivity index (χ4v) is 6.06. The zero-order chi connectivity index (χ0) is 37.6. The van der Waals surface area contributed by atoms with Gasteiger partial charge in [0, 0.05) is 25.6 Å². The fourth-order valence-electron chi connectivity index (χ4n) is 6.06. The minimum absolute atomic E-state index is 0.0312. The van der Waals surface area contributed by atoms with Crippen LogP contribution in [0.15, 0.2) is 30.3 Å². The van der Waals surface area contributed by atoms with E-state index in [1.807, 2.05) is 6.92 Å². The van der Waals surface area contributed by atoms with Gasteiger partial charge in [0.25, 0.3) is 5.91 Å². The molecule has 1 aromatic carbocycles. The number of Topliss-reactive ketones (excluding diaryl/α,β-unsaturated/α-hetero) is 1. The number of nitrogens with one attached hydrogen (secondary N) is 5. The number of nitrogens with zero attached hydrogens (tertiary/aromatic N) is 1. The van der Waals surface area contributed by atoms with Crippen LogP contribution in [0.1, 0.15) is 71.3 Å². The minimum atomic E-state index is -4.34. The lowest BCUT2D eigenvalue weighted by molar-refractivity contribution is -0.185. The molecule has 2 fully saturated rings. The Hall–Kier alpha value is -4.21. The monoisotopic (exact) mass is 724 g/mol. The number of likely N-dealkylation sites (tertiary alicyclic amines) is 1. The first-order chi connectivity index (χ1) is 24.2. The van der Waals surface area contributed by atoms with Crippen molar-refractivity contribution in [2.75, 3.05) is 32.7 Å². The Morgan fingerprint density at radius 3 is 2.18 bits per heavy atom. The standard InChI is InChI=1S/C35H51F3N6O7/c1-4-5-14-39-33(49)29(45)26(19-24-11-15-40-30(24)46)41-31(47)27(18-22(2)3)42-32(48)28(20-44-16-12-25(13-17-44)35(36,37)38)43-34(50)51-21-23-9-7-6-8-10-23/h6-10,22,24-28H,4-5,11-21H2,1-3H3,(H,39,49)(H,40,46)(H,41,47)(H,42,48)(H,43,50)/t24-,26-,27-,28-/m0/s1. The van der Waals surface area contributed by atoms with Gasteiger partial charge in [-0.2, -0.15) is 13.2 Å². The first kappa shape index (κ1) is 41.2. The fraction of sp³-hybridized carbons (Fsp3) is 0.657. The molecule has 0 unspecified atom stereocenters. The summed E-state index contributed by atoms with van der Waals surface area (Å²) in [6, 6.07) is 4.90. The number of alkyl halides is 3. The highest BCUT2D eigenvalue weighted by atomic mass is 19.4. The van der Waals surface area contributed by atoms with E-state index in [-0.39, 0.29) is 70.3 Å². The number of benzene rings is 1. The highest BCUT2D eigenvalue weighted by Crippen LogP contribution is 2.34. The second-order valence-corrected chi connectivity index (χ2v) is 13.6. The van der Waals surface area contributed by atoms with Crippen molar-refractivity contribution in [1.29, 1.82) is 0 Å². The number of alkyl carbamates (subject to hydrolysis) is 1. The Balaban J connectivity index is 1.77. The van der Waals surface area contributed by atoms with Gasteiger partial charge in [-0.3, -0.25) is 24.0 Å². The van der Waals surface area contributed by atoms with Crippen molar-refractivity contribution in [2.24, 2.45) is 17.8 Å².